The van der Waals surface area contributed by atoms with Crippen LogP contribution in [-0.2, 0) is 14.1 Å². The van der Waals surface area contributed by atoms with E-state index >= 15 is 0 Å². The Hall–Kier alpha value is -4.13. The summed E-state index contributed by atoms with van der Waals surface area (Å²) in [4.78, 5) is 20.1. The van der Waals surface area contributed by atoms with Crippen LogP contribution >= 0.6 is 0 Å². The summed E-state index contributed by atoms with van der Waals surface area (Å²) in [5.74, 6) is 2.16. The summed E-state index contributed by atoms with van der Waals surface area (Å²) in [6.07, 6.45) is 5.64. The maximum atomic E-state index is 12.2. The van der Waals surface area contributed by atoms with E-state index in [1.54, 1.807) is 16.3 Å². The molecule has 0 saturated carbocycles. The molecule has 0 atom stereocenters. The molecule has 0 radical (unpaired) electrons. The number of pyridine rings is 1. The topological polar surface area (TPSA) is 77.7 Å². The lowest BCUT2D eigenvalue weighted by Crippen LogP contribution is -2.18. The van der Waals surface area contributed by atoms with E-state index in [4.69, 9.17) is 4.74 Å². The normalized spacial score (nSPS) is 11.2. The van der Waals surface area contributed by atoms with Crippen LogP contribution in [0.5, 0.6) is 11.5 Å². The van der Waals surface area contributed by atoms with Crippen molar-refractivity contribution in [2.45, 2.75) is 13.8 Å². The monoisotopic (exact) mass is 425 g/mol. The van der Waals surface area contributed by atoms with Gasteiger partial charge in [-0.15, -0.1) is 0 Å². The van der Waals surface area contributed by atoms with Crippen LogP contribution in [0.1, 0.15) is 11.4 Å². The van der Waals surface area contributed by atoms with Crippen LogP contribution in [0.25, 0.3) is 33.3 Å². The van der Waals surface area contributed by atoms with Crippen molar-refractivity contribution in [3.05, 3.63) is 82.8 Å². The Morgan fingerprint density at radius 3 is 2.41 bits per heavy atom. The summed E-state index contributed by atoms with van der Waals surface area (Å²) >= 11 is 0. The van der Waals surface area contributed by atoms with Crippen LogP contribution in [0.3, 0.4) is 0 Å². The highest BCUT2D eigenvalue weighted by Gasteiger charge is 2.17. The first kappa shape index (κ1) is 19.8. The van der Waals surface area contributed by atoms with Crippen molar-refractivity contribution in [1.82, 2.24) is 24.3 Å². The van der Waals surface area contributed by atoms with Crippen molar-refractivity contribution in [1.29, 1.82) is 0 Å². The van der Waals surface area contributed by atoms with Gasteiger partial charge in [0.2, 0.25) is 0 Å². The molecule has 0 bridgehead atoms. The van der Waals surface area contributed by atoms with E-state index in [2.05, 4.69) is 15.1 Å². The Bertz CT molecular complexity index is 1480. The number of aryl methyl sites for hydroxylation is 4. The molecule has 7 heteroatoms. The van der Waals surface area contributed by atoms with Crippen LogP contribution in [0.4, 0.5) is 0 Å². The van der Waals surface area contributed by atoms with E-state index in [0.717, 1.165) is 39.1 Å². The number of aromatic amines is 1. The molecule has 0 spiro atoms. The average Bonchev–Trinajstić information content (AvgIpc) is 3.37. The van der Waals surface area contributed by atoms with Crippen LogP contribution in [0.15, 0.2) is 65.8 Å². The fourth-order valence-corrected chi connectivity index (χ4v) is 3.93. The summed E-state index contributed by atoms with van der Waals surface area (Å²) in [7, 11) is 3.66. The van der Waals surface area contributed by atoms with Crippen LogP contribution in [-0.4, -0.2) is 24.3 Å². The standard InChI is InChI=1S/C25H23N5O2/c1-15-11-18(13-29(3)25(15)31)21-9-10-22-23(28-16(2)27-22)24(21)32-20-7-5-17(6-8-20)19-12-26-30(4)14-19/h5-14H,1-4H3,(H,27,28). The van der Waals surface area contributed by atoms with Gasteiger partial charge in [-0.05, 0) is 49.7 Å². The van der Waals surface area contributed by atoms with Crippen molar-refractivity contribution in [2.75, 3.05) is 0 Å². The van der Waals surface area contributed by atoms with E-state index in [9.17, 15) is 4.79 Å². The third-order valence-electron chi connectivity index (χ3n) is 5.51. The molecule has 32 heavy (non-hydrogen) atoms. The number of ether oxygens (including phenoxy) is 1. The number of H-pyrrole nitrogens is 1. The lowest BCUT2D eigenvalue weighted by molar-refractivity contribution is 0.489. The zero-order chi connectivity index (χ0) is 22.4. The summed E-state index contributed by atoms with van der Waals surface area (Å²) < 4.78 is 9.78. The van der Waals surface area contributed by atoms with E-state index in [-0.39, 0.29) is 5.56 Å². The van der Waals surface area contributed by atoms with E-state index in [1.165, 1.54) is 0 Å². The van der Waals surface area contributed by atoms with Gasteiger partial charge < -0.3 is 14.3 Å². The molecule has 0 aliphatic rings. The third-order valence-corrected chi connectivity index (χ3v) is 5.51. The summed E-state index contributed by atoms with van der Waals surface area (Å²) in [5.41, 5.74) is 6.19. The third kappa shape index (κ3) is 3.47. The molecule has 7 nitrogen and oxygen atoms in total. The zero-order valence-corrected chi connectivity index (χ0v) is 18.4. The maximum absolute atomic E-state index is 12.2. The van der Waals surface area contributed by atoms with Crippen molar-refractivity contribution in [3.8, 4) is 33.8 Å². The van der Waals surface area contributed by atoms with Gasteiger partial charge in [0.15, 0.2) is 5.75 Å². The van der Waals surface area contributed by atoms with Crippen molar-refractivity contribution < 1.29 is 4.74 Å². The van der Waals surface area contributed by atoms with E-state index in [1.807, 2.05) is 82.0 Å². The lowest BCUT2D eigenvalue weighted by atomic mass is 10.0. The molecule has 3 aromatic heterocycles. The summed E-state index contributed by atoms with van der Waals surface area (Å²) in [5, 5.41) is 4.23. The van der Waals surface area contributed by atoms with Gasteiger partial charge in [0, 0.05) is 48.7 Å². The molecule has 5 rings (SSSR count). The Morgan fingerprint density at radius 2 is 1.72 bits per heavy atom. The number of nitrogens with zero attached hydrogens (tertiary/aromatic N) is 4. The number of nitrogens with one attached hydrogen (secondary N) is 1. The van der Waals surface area contributed by atoms with Gasteiger partial charge in [-0.1, -0.05) is 12.1 Å². The Kier molecular flexibility index (Phi) is 4.66. The van der Waals surface area contributed by atoms with Gasteiger partial charge in [0.25, 0.3) is 5.56 Å². The SMILES string of the molecule is Cc1nc2c(Oc3ccc(-c4cnn(C)c4)cc3)c(-c3cc(C)c(=O)n(C)c3)ccc2[nH]1. The van der Waals surface area contributed by atoms with E-state index in [0.29, 0.717) is 17.1 Å². The second kappa shape index (κ2) is 7.53. The van der Waals surface area contributed by atoms with Gasteiger partial charge in [-0.2, -0.15) is 5.10 Å². The molecular formula is C25H23N5O2. The Morgan fingerprint density at radius 1 is 0.938 bits per heavy atom. The van der Waals surface area contributed by atoms with Gasteiger partial charge in [-0.3, -0.25) is 9.48 Å². The molecule has 0 fully saturated rings. The van der Waals surface area contributed by atoms with Crippen molar-refractivity contribution >= 4 is 11.0 Å². The predicted molar refractivity (Wildman–Crippen MR) is 125 cm³/mol. The first-order chi connectivity index (χ1) is 15.4. The first-order valence-electron chi connectivity index (χ1n) is 10.3. The average molecular weight is 425 g/mol. The summed E-state index contributed by atoms with van der Waals surface area (Å²) in [6, 6.07) is 13.8. The second-order valence-electron chi connectivity index (χ2n) is 8.02. The molecule has 0 unspecified atom stereocenters. The number of aromatic nitrogens is 5. The number of fused-ring (bicyclic) bond motifs is 1. The molecule has 5 aromatic rings. The minimum Gasteiger partial charge on any atom is -0.454 e. The highest BCUT2D eigenvalue weighted by atomic mass is 16.5. The Labute approximate surface area is 184 Å². The first-order valence-corrected chi connectivity index (χ1v) is 10.3. The fourth-order valence-electron chi connectivity index (χ4n) is 3.93. The number of hydrogen-bond donors (Lipinski definition) is 1. The minimum atomic E-state index is -0.0149. The minimum absolute atomic E-state index is 0.0149. The molecule has 2 aromatic carbocycles. The van der Waals surface area contributed by atoms with Crippen molar-refractivity contribution in [2.24, 2.45) is 14.1 Å². The summed E-state index contributed by atoms with van der Waals surface area (Å²) in [6.45, 7) is 3.74. The Balaban J connectivity index is 1.61. The number of hydrogen-bond acceptors (Lipinski definition) is 4. The smallest absolute Gasteiger partial charge is 0.253 e. The number of rotatable bonds is 4. The number of imidazole rings is 1. The van der Waals surface area contributed by atoms with Crippen LogP contribution in [0.2, 0.25) is 0 Å². The van der Waals surface area contributed by atoms with Gasteiger partial charge in [0.1, 0.15) is 17.1 Å². The van der Waals surface area contributed by atoms with Crippen LogP contribution in [0, 0.1) is 13.8 Å². The molecule has 3 heterocycles. The maximum Gasteiger partial charge on any atom is 0.253 e. The number of benzene rings is 2. The lowest BCUT2D eigenvalue weighted by Gasteiger charge is -2.14. The zero-order valence-electron chi connectivity index (χ0n) is 18.4. The molecule has 0 amide bonds. The van der Waals surface area contributed by atoms with Gasteiger partial charge >= 0.3 is 0 Å². The molecule has 160 valence electrons. The largest absolute Gasteiger partial charge is 0.454 e. The molecule has 1 N–H and O–H groups in total. The van der Waals surface area contributed by atoms with Crippen LogP contribution < -0.4 is 10.3 Å². The van der Waals surface area contributed by atoms with Gasteiger partial charge in [0.05, 0.1) is 11.7 Å². The van der Waals surface area contributed by atoms with Crippen molar-refractivity contribution in [3.63, 3.8) is 0 Å². The fraction of sp³-hybridized carbons (Fsp3) is 0.160. The highest BCUT2D eigenvalue weighted by molar-refractivity contribution is 5.91. The van der Waals surface area contributed by atoms with Gasteiger partial charge in [-0.25, -0.2) is 4.98 Å². The quantitative estimate of drug-likeness (QED) is 0.451. The highest BCUT2D eigenvalue weighted by Crippen LogP contribution is 2.39. The molecule has 0 saturated heterocycles. The predicted octanol–water partition coefficient (Wildman–Crippen LogP) is 4.74. The molecule has 0 aliphatic heterocycles. The second-order valence-corrected chi connectivity index (χ2v) is 8.02. The molecular weight excluding hydrogens is 402 g/mol. The molecule has 0 aliphatic carbocycles. The van der Waals surface area contributed by atoms with E-state index < -0.39 is 0 Å².